The van der Waals surface area contributed by atoms with E-state index in [-0.39, 0.29) is 0 Å². The molecule has 16 heavy (non-hydrogen) atoms. The second-order valence-electron chi connectivity index (χ2n) is 3.98. The van der Waals surface area contributed by atoms with Crippen LogP contribution in [0.2, 0.25) is 10.2 Å². The molecule has 0 aromatic carbocycles. The third-order valence-corrected chi connectivity index (χ3v) is 3.41. The van der Waals surface area contributed by atoms with E-state index in [1.807, 2.05) is 0 Å². The number of hydrogen-bond donors (Lipinski definition) is 0. The van der Waals surface area contributed by atoms with Crippen LogP contribution in [0.4, 0.5) is 0 Å². The van der Waals surface area contributed by atoms with Crippen LogP contribution in [0.25, 0.3) is 0 Å². The highest BCUT2D eigenvalue weighted by Crippen LogP contribution is 2.22. The third kappa shape index (κ3) is 2.86. The lowest BCUT2D eigenvalue weighted by atomic mass is 10.2. The van der Waals surface area contributed by atoms with Gasteiger partial charge in [0.05, 0.1) is 6.10 Å². The Balaban J connectivity index is 1.99. The fraction of sp³-hybridized carbons (Fsp3) is 0.545. The van der Waals surface area contributed by atoms with Gasteiger partial charge in [-0.2, -0.15) is 0 Å². The molecule has 0 saturated carbocycles. The van der Waals surface area contributed by atoms with Crippen molar-refractivity contribution in [1.29, 1.82) is 0 Å². The Morgan fingerprint density at radius 3 is 3.00 bits per heavy atom. The number of likely N-dealkylation sites (tertiary alicyclic amines) is 1. The molecule has 0 amide bonds. The Morgan fingerprint density at radius 2 is 2.38 bits per heavy atom. The van der Waals surface area contributed by atoms with E-state index in [1.165, 1.54) is 0 Å². The molecular formula is C11H14Cl2N2O. The molecule has 3 nitrogen and oxygen atoms in total. The smallest absolute Gasteiger partial charge is 0.130 e. The van der Waals surface area contributed by atoms with Crippen molar-refractivity contribution in [1.82, 2.24) is 9.88 Å². The van der Waals surface area contributed by atoms with Crippen LogP contribution in [0, 0.1) is 0 Å². The van der Waals surface area contributed by atoms with Crippen LogP contribution in [0.15, 0.2) is 12.3 Å². The first-order chi connectivity index (χ1) is 7.69. The van der Waals surface area contributed by atoms with E-state index in [0.29, 0.717) is 16.3 Å². The summed E-state index contributed by atoms with van der Waals surface area (Å²) in [6.45, 7) is 2.80. The van der Waals surface area contributed by atoms with Crippen molar-refractivity contribution >= 4 is 23.2 Å². The predicted octanol–water partition coefficient (Wildman–Crippen LogP) is 2.61. The van der Waals surface area contributed by atoms with Gasteiger partial charge < -0.3 is 4.74 Å². The topological polar surface area (TPSA) is 25.4 Å². The average Bonchev–Trinajstić information content (AvgIpc) is 2.70. The first-order valence-corrected chi connectivity index (χ1v) is 5.99. The second kappa shape index (κ2) is 5.32. The van der Waals surface area contributed by atoms with Crippen molar-refractivity contribution in [2.24, 2.45) is 0 Å². The maximum atomic E-state index is 6.10. The molecule has 1 atom stereocenters. The summed E-state index contributed by atoms with van der Waals surface area (Å²) in [5.41, 5.74) is 1.02. The highest BCUT2D eigenvalue weighted by molar-refractivity contribution is 6.34. The predicted molar refractivity (Wildman–Crippen MR) is 64.9 cm³/mol. The average molecular weight is 261 g/mol. The van der Waals surface area contributed by atoms with Crippen LogP contribution in [0.1, 0.15) is 12.0 Å². The minimum atomic E-state index is 0.346. The van der Waals surface area contributed by atoms with E-state index in [4.69, 9.17) is 27.9 Å². The van der Waals surface area contributed by atoms with Gasteiger partial charge in [0.15, 0.2) is 0 Å². The standard InChI is InChI=1S/C11H14Cl2N2O/c1-16-9-2-3-15(7-9)6-8-5-14-11(13)4-10(8)12/h4-5,9H,2-3,6-7H2,1H3. The first-order valence-electron chi connectivity index (χ1n) is 5.24. The van der Waals surface area contributed by atoms with Gasteiger partial charge in [-0.15, -0.1) is 0 Å². The minimum absolute atomic E-state index is 0.346. The molecule has 0 spiro atoms. The molecule has 0 aliphatic carbocycles. The number of ether oxygens (including phenoxy) is 1. The quantitative estimate of drug-likeness (QED) is 0.782. The summed E-state index contributed by atoms with van der Waals surface area (Å²) in [6, 6.07) is 1.68. The van der Waals surface area contributed by atoms with Gasteiger partial charge in [0.25, 0.3) is 0 Å². The van der Waals surface area contributed by atoms with Crippen LogP contribution in [0.5, 0.6) is 0 Å². The molecule has 0 bridgehead atoms. The molecule has 1 aliphatic rings. The fourth-order valence-electron chi connectivity index (χ4n) is 1.93. The number of methoxy groups -OCH3 is 1. The SMILES string of the molecule is COC1CCN(Cc2cnc(Cl)cc2Cl)C1. The maximum Gasteiger partial charge on any atom is 0.130 e. The lowest BCUT2D eigenvalue weighted by Crippen LogP contribution is -2.22. The zero-order valence-corrected chi connectivity index (χ0v) is 10.6. The van der Waals surface area contributed by atoms with E-state index >= 15 is 0 Å². The molecule has 88 valence electrons. The molecule has 1 unspecified atom stereocenters. The van der Waals surface area contributed by atoms with Crippen LogP contribution in [-0.2, 0) is 11.3 Å². The molecule has 1 aliphatic heterocycles. The Bertz CT molecular complexity index is 373. The minimum Gasteiger partial charge on any atom is -0.380 e. The number of rotatable bonds is 3. The molecule has 2 heterocycles. The van der Waals surface area contributed by atoms with Crippen LogP contribution in [-0.4, -0.2) is 36.2 Å². The van der Waals surface area contributed by atoms with Gasteiger partial charge in [-0.1, -0.05) is 23.2 Å². The number of nitrogens with zero attached hydrogens (tertiary/aromatic N) is 2. The number of halogens is 2. The highest BCUT2D eigenvalue weighted by Gasteiger charge is 2.22. The van der Waals surface area contributed by atoms with E-state index in [2.05, 4.69) is 9.88 Å². The molecule has 1 fully saturated rings. The third-order valence-electron chi connectivity index (χ3n) is 2.85. The molecule has 5 heteroatoms. The summed E-state index contributed by atoms with van der Waals surface area (Å²) >= 11 is 11.8. The van der Waals surface area contributed by atoms with Crippen molar-refractivity contribution in [3.05, 3.63) is 28.0 Å². The van der Waals surface area contributed by atoms with Gasteiger partial charge in [0.2, 0.25) is 0 Å². The Labute approximate surface area is 105 Å². The summed E-state index contributed by atoms with van der Waals surface area (Å²) < 4.78 is 5.32. The zero-order valence-electron chi connectivity index (χ0n) is 9.12. The zero-order chi connectivity index (χ0) is 11.5. The van der Waals surface area contributed by atoms with Crippen LogP contribution in [0.3, 0.4) is 0 Å². The molecule has 2 rings (SSSR count). The fourth-order valence-corrected chi connectivity index (χ4v) is 2.35. The molecule has 1 aromatic heterocycles. The Hall–Kier alpha value is -0.350. The number of hydrogen-bond acceptors (Lipinski definition) is 3. The lowest BCUT2D eigenvalue weighted by Gasteiger charge is -2.16. The normalized spacial score (nSPS) is 21.6. The lowest BCUT2D eigenvalue weighted by molar-refractivity contribution is 0.107. The molecular weight excluding hydrogens is 247 g/mol. The summed E-state index contributed by atoms with van der Waals surface area (Å²) in [7, 11) is 1.75. The van der Waals surface area contributed by atoms with Crippen molar-refractivity contribution in [2.45, 2.75) is 19.1 Å². The molecule has 0 N–H and O–H groups in total. The van der Waals surface area contributed by atoms with Crippen molar-refractivity contribution in [3.8, 4) is 0 Å². The van der Waals surface area contributed by atoms with E-state index in [1.54, 1.807) is 19.4 Å². The van der Waals surface area contributed by atoms with Crippen molar-refractivity contribution in [3.63, 3.8) is 0 Å². The van der Waals surface area contributed by atoms with Gasteiger partial charge in [-0.25, -0.2) is 4.98 Å². The largest absolute Gasteiger partial charge is 0.380 e. The van der Waals surface area contributed by atoms with Gasteiger partial charge >= 0.3 is 0 Å². The molecule has 1 aromatic rings. The first kappa shape index (κ1) is 12.1. The molecule has 1 saturated heterocycles. The summed E-state index contributed by atoms with van der Waals surface area (Å²) in [5, 5.41) is 1.12. The Kier molecular flexibility index (Phi) is 4.03. The van der Waals surface area contributed by atoms with Gasteiger partial charge in [0.1, 0.15) is 5.15 Å². The summed E-state index contributed by atoms with van der Waals surface area (Å²) in [5.74, 6) is 0. The van der Waals surface area contributed by atoms with Gasteiger partial charge in [0, 0.05) is 43.5 Å². The van der Waals surface area contributed by atoms with Crippen molar-refractivity contribution in [2.75, 3.05) is 20.2 Å². The highest BCUT2D eigenvalue weighted by atomic mass is 35.5. The summed E-state index contributed by atoms with van der Waals surface area (Å²) in [6.07, 6.45) is 3.17. The number of aromatic nitrogens is 1. The van der Waals surface area contributed by atoms with E-state index < -0.39 is 0 Å². The van der Waals surface area contributed by atoms with Crippen molar-refractivity contribution < 1.29 is 4.74 Å². The van der Waals surface area contributed by atoms with Gasteiger partial charge in [-0.3, -0.25) is 4.90 Å². The van der Waals surface area contributed by atoms with Crippen LogP contribution >= 0.6 is 23.2 Å². The van der Waals surface area contributed by atoms with E-state index in [9.17, 15) is 0 Å². The number of pyridine rings is 1. The van der Waals surface area contributed by atoms with E-state index in [0.717, 1.165) is 31.6 Å². The monoisotopic (exact) mass is 260 g/mol. The van der Waals surface area contributed by atoms with Crippen LogP contribution < -0.4 is 0 Å². The Morgan fingerprint density at radius 1 is 1.56 bits per heavy atom. The molecule has 0 radical (unpaired) electrons. The maximum absolute atomic E-state index is 6.10. The second-order valence-corrected chi connectivity index (χ2v) is 4.77. The summed E-state index contributed by atoms with van der Waals surface area (Å²) in [4.78, 5) is 6.35. The van der Waals surface area contributed by atoms with Gasteiger partial charge in [-0.05, 0) is 12.5 Å².